The Labute approximate surface area is 134 Å². The van der Waals surface area contributed by atoms with Crippen molar-refractivity contribution in [3.8, 4) is 11.1 Å². The Balaban J connectivity index is 0.00000200. The van der Waals surface area contributed by atoms with E-state index >= 15 is 0 Å². The number of carboxylic acid groups (broad SMARTS) is 2. The second-order valence-electron chi connectivity index (χ2n) is 4.15. The number of benzene rings is 2. The van der Waals surface area contributed by atoms with Crippen molar-refractivity contribution in [3.05, 3.63) is 59.2 Å². The standard InChI is InChI=1S/C15H12O4.2ClH/c1-9-5-2-3-6-10(9)11-7-4-8-12(14(16)17)13(11)15(18)19;;/h2-8H,1H3,(H,16,17)(H,18,19);2*1H. The molecule has 0 unspecified atom stereocenters. The van der Waals surface area contributed by atoms with Gasteiger partial charge in [-0.2, -0.15) is 0 Å². The summed E-state index contributed by atoms with van der Waals surface area (Å²) in [6.07, 6.45) is 0. The molecule has 0 heterocycles. The van der Waals surface area contributed by atoms with Crippen LogP contribution in [0.5, 0.6) is 0 Å². The highest BCUT2D eigenvalue weighted by Gasteiger charge is 2.21. The predicted molar refractivity (Wildman–Crippen MR) is 85.0 cm³/mol. The number of hydrogen-bond acceptors (Lipinski definition) is 2. The van der Waals surface area contributed by atoms with Crippen LogP contribution in [0.4, 0.5) is 0 Å². The van der Waals surface area contributed by atoms with Crippen LogP contribution in [0.25, 0.3) is 11.1 Å². The van der Waals surface area contributed by atoms with E-state index in [1.165, 1.54) is 6.07 Å². The molecular weight excluding hydrogens is 315 g/mol. The maximum absolute atomic E-state index is 11.4. The van der Waals surface area contributed by atoms with Gasteiger partial charge in [-0.25, -0.2) is 9.59 Å². The Kier molecular flexibility index (Phi) is 6.92. The van der Waals surface area contributed by atoms with Crippen LogP contribution in [0.3, 0.4) is 0 Å². The first-order valence-corrected chi connectivity index (χ1v) is 5.68. The molecule has 6 heteroatoms. The molecule has 0 spiro atoms. The summed E-state index contributed by atoms with van der Waals surface area (Å²) in [6, 6.07) is 11.8. The maximum Gasteiger partial charge on any atom is 0.337 e. The Morgan fingerprint density at radius 2 is 1.38 bits per heavy atom. The Bertz CT molecular complexity index is 668. The molecule has 2 N–H and O–H groups in total. The Morgan fingerprint density at radius 3 is 1.90 bits per heavy atom. The first-order valence-electron chi connectivity index (χ1n) is 5.68. The van der Waals surface area contributed by atoms with Crippen LogP contribution in [-0.2, 0) is 0 Å². The number of carboxylic acids is 2. The molecule has 0 atom stereocenters. The van der Waals surface area contributed by atoms with Crippen LogP contribution < -0.4 is 0 Å². The lowest BCUT2D eigenvalue weighted by molar-refractivity contribution is 0.0652. The van der Waals surface area contributed by atoms with Crippen molar-refractivity contribution in [1.29, 1.82) is 0 Å². The summed E-state index contributed by atoms with van der Waals surface area (Å²) >= 11 is 0. The van der Waals surface area contributed by atoms with E-state index in [0.717, 1.165) is 11.1 Å². The van der Waals surface area contributed by atoms with Gasteiger partial charge in [0, 0.05) is 0 Å². The van der Waals surface area contributed by atoms with E-state index in [1.807, 2.05) is 19.1 Å². The van der Waals surface area contributed by atoms with Crippen LogP contribution in [0.1, 0.15) is 26.3 Å². The van der Waals surface area contributed by atoms with Gasteiger partial charge >= 0.3 is 11.9 Å². The average Bonchev–Trinajstić information content (AvgIpc) is 2.38. The van der Waals surface area contributed by atoms with Gasteiger partial charge in [-0.15, -0.1) is 24.8 Å². The molecule has 112 valence electrons. The van der Waals surface area contributed by atoms with Crippen LogP contribution >= 0.6 is 24.8 Å². The fraction of sp³-hybridized carbons (Fsp3) is 0.0667. The zero-order valence-corrected chi connectivity index (χ0v) is 12.7. The SMILES string of the molecule is Cc1ccccc1-c1cccc(C(=O)O)c1C(=O)O.Cl.Cl. The van der Waals surface area contributed by atoms with Crippen molar-refractivity contribution in [2.24, 2.45) is 0 Å². The fourth-order valence-corrected chi connectivity index (χ4v) is 2.06. The minimum Gasteiger partial charge on any atom is -0.478 e. The van der Waals surface area contributed by atoms with E-state index in [4.69, 9.17) is 5.11 Å². The van der Waals surface area contributed by atoms with Gasteiger partial charge in [-0.05, 0) is 29.7 Å². The third-order valence-corrected chi connectivity index (χ3v) is 2.94. The van der Waals surface area contributed by atoms with E-state index in [1.54, 1.807) is 24.3 Å². The van der Waals surface area contributed by atoms with Crippen molar-refractivity contribution in [3.63, 3.8) is 0 Å². The Hall–Kier alpha value is -2.04. The maximum atomic E-state index is 11.4. The van der Waals surface area contributed by atoms with Gasteiger partial charge in [0.2, 0.25) is 0 Å². The number of aryl methyl sites for hydroxylation is 1. The molecule has 0 aliphatic heterocycles. The average molecular weight is 329 g/mol. The molecule has 0 aliphatic carbocycles. The van der Waals surface area contributed by atoms with Gasteiger partial charge in [0.15, 0.2) is 0 Å². The van der Waals surface area contributed by atoms with E-state index in [0.29, 0.717) is 5.56 Å². The van der Waals surface area contributed by atoms with Gasteiger partial charge in [0.1, 0.15) is 0 Å². The van der Waals surface area contributed by atoms with Crippen LogP contribution in [0.15, 0.2) is 42.5 Å². The second kappa shape index (κ2) is 7.67. The quantitative estimate of drug-likeness (QED) is 0.895. The third-order valence-electron chi connectivity index (χ3n) is 2.94. The number of rotatable bonds is 3. The molecule has 0 saturated heterocycles. The highest BCUT2D eigenvalue weighted by molar-refractivity contribution is 6.06. The summed E-state index contributed by atoms with van der Waals surface area (Å²) in [5.74, 6) is -2.48. The van der Waals surface area contributed by atoms with E-state index in [2.05, 4.69) is 0 Å². The van der Waals surface area contributed by atoms with Gasteiger partial charge in [0.25, 0.3) is 0 Å². The normalized spacial score (nSPS) is 9.19. The van der Waals surface area contributed by atoms with Crippen molar-refractivity contribution in [2.75, 3.05) is 0 Å². The lowest BCUT2D eigenvalue weighted by atomic mass is 9.93. The molecule has 0 radical (unpaired) electrons. The number of hydrogen-bond donors (Lipinski definition) is 2. The molecule has 0 fully saturated rings. The monoisotopic (exact) mass is 328 g/mol. The second-order valence-corrected chi connectivity index (χ2v) is 4.15. The van der Waals surface area contributed by atoms with Crippen LogP contribution in [0, 0.1) is 6.92 Å². The summed E-state index contributed by atoms with van der Waals surface area (Å²) in [5.41, 5.74) is 1.67. The van der Waals surface area contributed by atoms with Gasteiger partial charge in [0.05, 0.1) is 11.1 Å². The zero-order chi connectivity index (χ0) is 14.0. The van der Waals surface area contributed by atoms with Crippen molar-refractivity contribution < 1.29 is 19.8 Å². The predicted octanol–water partition coefficient (Wildman–Crippen LogP) is 3.90. The fourth-order valence-electron chi connectivity index (χ4n) is 2.06. The number of halogens is 2. The molecule has 2 rings (SSSR count). The van der Waals surface area contributed by atoms with Crippen LogP contribution in [-0.4, -0.2) is 22.2 Å². The largest absolute Gasteiger partial charge is 0.478 e. The highest BCUT2D eigenvalue weighted by atomic mass is 35.5. The smallest absolute Gasteiger partial charge is 0.337 e. The first-order chi connectivity index (χ1) is 9.02. The molecule has 0 bridgehead atoms. The minimum absolute atomic E-state index is 0. The minimum atomic E-state index is -1.24. The number of carbonyl (C=O) groups is 2. The van der Waals surface area contributed by atoms with Gasteiger partial charge in [-0.1, -0.05) is 36.4 Å². The summed E-state index contributed by atoms with van der Waals surface area (Å²) in [5, 5.41) is 18.4. The van der Waals surface area contributed by atoms with Crippen molar-refractivity contribution in [2.45, 2.75) is 6.92 Å². The van der Waals surface area contributed by atoms with Crippen molar-refractivity contribution >= 4 is 36.8 Å². The van der Waals surface area contributed by atoms with Gasteiger partial charge in [-0.3, -0.25) is 0 Å². The van der Waals surface area contributed by atoms with Crippen LogP contribution in [0.2, 0.25) is 0 Å². The summed E-state index contributed by atoms with van der Waals surface area (Å²) in [4.78, 5) is 22.5. The van der Waals surface area contributed by atoms with E-state index in [-0.39, 0.29) is 35.9 Å². The van der Waals surface area contributed by atoms with E-state index in [9.17, 15) is 14.7 Å². The topological polar surface area (TPSA) is 74.6 Å². The molecule has 2 aromatic carbocycles. The summed E-state index contributed by atoms with van der Waals surface area (Å²) in [7, 11) is 0. The lowest BCUT2D eigenvalue weighted by Crippen LogP contribution is -2.10. The lowest BCUT2D eigenvalue weighted by Gasteiger charge is -2.11. The first kappa shape index (κ1) is 19.0. The summed E-state index contributed by atoms with van der Waals surface area (Å²) in [6.45, 7) is 1.86. The zero-order valence-electron chi connectivity index (χ0n) is 11.1. The molecule has 0 aromatic heterocycles. The molecular formula is C15H14Cl2O4. The number of aromatic carboxylic acids is 2. The Morgan fingerprint density at radius 1 is 0.810 bits per heavy atom. The highest BCUT2D eigenvalue weighted by Crippen LogP contribution is 2.29. The molecule has 0 saturated carbocycles. The van der Waals surface area contributed by atoms with Crippen molar-refractivity contribution in [1.82, 2.24) is 0 Å². The molecule has 4 nitrogen and oxygen atoms in total. The molecule has 2 aromatic rings. The summed E-state index contributed by atoms with van der Waals surface area (Å²) < 4.78 is 0. The molecule has 0 aliphatic rings. The van der Waals surface area contributed by atoms with Gasteiger partial charge < -0.3 is 10.2 Å². The molecule has 0 amide bonds. The van der Waals surface area contributed by atoms with E-state index < -0.39 is 11.9 Å². The third kappa shape index (κ3) is 3.74. The molecule has 21 heavy (non-hydrogen) atoms.